The topological polar surface area (TPSA) is 88.5 Å². The van der Waals surface area contributed by atoms with Gasteiger partial charge >= 0.3 is 0 Å². The zero-order valence-corrected chi connectivity index (χ0v) is 20.7. The highest BCUT2D eigenvalue weighted by Crippen LogP contribution is 2.39. The number of benzene rings is 1. The van der Waals surface area contributed by atoms with Crippen LogP contribution in [0.1, 0.15) is 22.8 Å². The normalized spacial score (nSPS) is 12.5. The average Bonchev–Trinajstić information content (AvgIpc) is 3.61. The third kappa shape index (κ3) is 4.11. The lowest BCUT2D eigenvalue weighted by molar-refractivity contribution is 0.183. The van der Waals surface area contributed by atoms with Crippen LogP contribution in [0.4, 0.5) is 0 Å². The van der Waals surface area contributed by atoms with Gasteiger partial charge in [0.2, 0.25) is 0 Å². The quantitative estimate of drug-likeness (QED) is 0.354. The molecule has 0 amide bonds. The average molecular weight is 481 g/mol. The molecule has 6 rings (SSSR count). The van der Waals surface area contributed by atoms with Crippen molar-refractivity contribution < 1.29 is 4.74 Å². The van der Waals surface area contributed by atoms with Crippen LogP contribution in [0.15, 0.2) is 55.1 Å². The summed E-state index contributed by atoms with van der Waals surface area (Å²) in [5.74, 6) is 0.764. The van der Waals surface area contributed by atoms with Crippen molar-refractivity contribution in [3.05, 3.63) is 77.9 Å². The minimum Gasteiger partial charge on any atom is -0.383 e. The molecule has 0 radical (unpaired) electrons. The van der Waals surface area contributed by atoms with E-state index < -0.39 is 0 Å². The van der Waals surface area contributed by atoms with Crippen molar-refractivity contribution >= 4 is 0 Å². The van der Waals surface area contributed by atoms with E-state index in [4.69, 9.17) is 14.8 Å². The molecule has 4 heterocycles. The first kappa shape index (κ1) is 22.4. The summed E-state index contributed by atoms with van der Waals surface area (Å²) < 4.78 is 10.8. The fourth-order valence-electron chi connectivity index (χ4n) is 4.88. The Morgan fingerprint density at radius 3 is 2.56 bits per heavy atom. The molecule has 4 aromatic heterocycles. The molecule has 5 aromatic rings. The highest BCUT2D eigenvalue weighted by molar-refractivity contribution is 5.84. The molecule has 1 aliphatic rings. The molecule has 1 aromatic carbocycles. The van der Waals surface area contributed by atoms with Crippen molar-refractivity contribution in [1.29, 1.82) is 0 Å². The number of rotatable bonds is 7. The molecule has 36 heavy (non-hydrogen) atoms. The van der Waals surface area contributed by atoms with Crippen LogP contribution in [-0.4, -0.2) is 53.0 Å². The van der Waals surface area contributed by atoms with Gasteiger partial charge in [-0.25, -0.2) is 9.97 Å². The van der Waals surface area contributed by atoms with Gasteiger partial charge in [-0.3, -0.25) is 14.0 Å². The molecule has 0 saturated carbocycles. The Morgan fingerprint density at radius 2 is 1.78 bits per heavy atom. The maximum atomic E-state index is 5.15. The van der Waals surface area contributed by atoms with Gasteiger partial charge in [0.05, 0.1) is 48.5 Å². The molecule has 0 spiro atoms. The summed E-state index contributed by atoms with van der Waals surface area (Å²) in [7, 11) is 5.64. The van der Waals surface area contributed by atoms with Crippen LogP contribution in [0, 0.1) is 0 Å². The Hall–Kier alpha value is -4.11. The molecule has 0 N–H and O–H groups in total. The van der Waals surface area contributed by atoms with Crippen molar-refractivity contribution in [2.24, 2.45) is 14.1 Å². The molecule has 0 bridgehead atoms. The summed E-state index contributed by atoms with van der Waals surface area (Å²) in [5, 5.41) is 13.8. The van der Waals surface area contributed by atoms with Crippen LogP contribution >= 0.6 is 0 Å². The van der Waals surface area contributed by atoms with Crippen molar-refractivity contribution in [1.82, 2.24) is 39.3 Å². The standard InChI is InChI=1S/C27H28N8O/c1-33-17-21(16-29-33)18-4-6-19(7-5-18)27-25-23(32-34(27)2)9-8-20-15-28-24(30-26(20)25)14-22-10-11-35(31-22)12-13-36-3/h4-7,10-11,15-17H,8-9,12-14H2,1-3H3. The fourth-order valence-corrected chi connectivity index (χ4v) is 4.88. The van der Waals surface area contributed by atoms with Gasteiger partial charge in [0.1, 0.15) is 5.82 Å². The Balaban J connectivity index is 1.34. The minimum atomic E-state index is 0.581. The third-order valence-corrected chi connectivity index (χ3v) is 6.66. The molecule has 0 aliphatic heterocycles. The second-order valence-corrected chi connectivity index (χ2v) is 9.17. The van der Waals surface area contributed by atoms with E-state index in [-0.39, 0.29) is 0 Å². The maximum Gasteiger partial charge on any atom is 0.134 e. The molecule has 9 nitrogen and oxygen atoms in total. The van der Waals surface area contributed by atoms with E-state index >= 15 is 0 Å². The summed E-state index contributed by atoms with van der Waals surface area (Å²) in [6, 6.07) is 10.6. The third-order valence-electron chi connectivity index (χ3n) is 6.66. The van der Waals surface area contributed by atoms with Crippen molar-refractivity contribution in [3.63, 3.8) is 0 Å². The van der Waals surface area contributed by atoms with Gasteiger partial charge in [0, 0.05) is 56.5 Å². The van der Waals surface area contributed by atoms with Crippen LogP contribution in [0.3, 0.4) is 0 Å². The molecule has 1 aliphatic carbocycles. The largest absolute Gasteiger partial charge is 0.383 e. The molecule has 0 atom stereocenters. The van der Waals surface area contributed by atoms with Crippen LogP contribution in [0.2, 0.25) is 0 Å². The van der Waals surface area contributed by atoms with Gasteiger partial charge in [-0.05, 0) is 30.0 Å². The van der Waals surface area contributed by atoms with Crippen molar-refractivity contribution in [3.8, 4) is 33.6 Å². The first-order valence-corrected chi connectivity index (χ1v) is 12.1. The lowest BCUT2D eigenvalue weighted by Gasteiger charge is -2.16. The van der Waals surface area contributed by atoms with E-state index in [9.17, 15) is 0 Å². The number of ether oxygens (including phenoxy) is 1. The molecular formula is C27H28N8O. The lowest BCUT2D eigenvalue weighted by Crippen LogP contribution is -2.09. The Bertz CT molecular complexity index is 1530. The van der Waals surface area contributed by atoms with E-state index in [1.165, 1.54) is 0 Å². The van der Waals surface area contributed by atoms with Gasteiger partial charge in [-0.2, -0.15) is 15.3 Å². The SMILES string of the molecule is COCCn1ccc(Cc2ncc3c(n2)-c2c(nn(C)c2-c2ccc(-c4cnn(C)c4)cc2)CC3)n1. The molecule has 0 unspecified atom stereocenters. The van der Waals surface area contributed by atoms with Crippen LogP contribution in [0.5, 0.6) is 0 Å². The predicted octanol–water partition coefficient (Wildman–Crippen LogP) is 3.48. The van der Waals surface area contributed by atoms with Gasteiger partial charge in [-0.1, -0.05) is 24.3 Å². The maximum absolute atomic E-state index is 5.15. The summed E-state index contributed by atoms with van der Waals surface area (Å²) in [6.45, 7) is 1.36. The zero-order chi connectivity index (χ0) is 24.6. The van der Waals surface area contributed by atoms with Crippen LogP contribution < -0.4 is 0 Å². The second kappa shape index (κ2) is 9.16. The summed E-state index contributed by atoms with van der Waals surface area (Å²) in [4.78, 5) is 9.71. The number of aryl methyl sites for hydroxylation is 4. The Kier molecular flexibility index (Phi) is 5.69. The Morgan fingerprint density at radius 1 is 0.944 bits per heavy atom. The first-order chi connectivity index (χ1) is 17.6. The number of hydrogen-bond donors (Lipinski definition) is 0. The van der Waals surface area contributed by atoms with Crippen molar-refractivity contribution in [2.45, 2.75) is 25.8 Å². The first-order valence-electron chi connectivity index (χ1n) is 12.1. The highest BCUT2D eigenvalue weighted by atomic mass is 16.5. The van der Waals surface area contributed by atoms with Crippen LogP contribution in [0.25, 0.3) is 33.6 Å². The van der Waals surface area contributed by atoms with Gasteiger partial charge in [0.25, 0.3) is 0 Å². The smallest absolute Gasteiger partial charge is 0.134 e. The number of fused-ring (bicyclic) bond motifs is 3. The summed E-state index contributed by atoms with van der Waals surface area (Å²) in [6.07, 6.45) is 10.2. The minimum absolute atomic E-state index is 0.581. The molecule has 0 saturated heterocycles. The van der Waals surface area contributed by atoms with E-state index in [1.54, 1.807) is 7.11 Å². The van der Waals surface area contributed by atoms with E-state index in [0.717, 1.165) is 75.8 Å². The molecule has 0 fully saturated rings. The van der Waals surface area contributed by atoms with E-state index in [0.29, 0.717) is 13.0 Å². The van der Waals surface area contributed by atoms with Gasteiger partial charge in [-0.15, -0.1) is 0 Å². The van der Waals surface area contributed by atoms with Gasteiger partial charge < -0.3 is 4.74 Å². The monoisotopic (exact) mass is 480 g/mol. The van der Waals surface area contributed by atoms with E-state index in [1.807, 2.05) is 59.0 Å². The van der Waals surface area contributed by atoms with Crippen LogP contribution in [-0.2, 0) is 44.6 Å². The summed E-state index contributed by atoms with van der Waals surface area (Å²) >= 11 is 0. The van der Waals surface area contributed by atoms with Gasteiger partial charge in [0.15, 0.2) is 0 Å². The lowest BCUT2D eigenvalue weighted by atomic mass is 9.91. The van der Waals surface area contributed by atoms with E-state index in [2.05, 4.69) is 39.4 Å². The number of methoxy groups -OCH3 is 1. The zero-order valence-electron chi connectivity index (χ0n) is 20.7. The molecule has 182 valence electrons. The number of nitrogens with zero attached hydrogens (tertiary/aromatic N) is 8. The number of aromatic nitrogens is 8. The Labute approximate surface area is 209 Å². The summed E-state index contributed by atoms with van der Waals surface area (Å²) in [5.41, 5.74) is 9.73. The second-order valence-electron chi connectivity index (χ2n) is 9.17. The molecular weight excluding hydrogens is 452 g/mol. The van der Waals surface area contributed by atoms with Crippen molar-refractivity contribution in [2.75, 3.05) is 13.7 Å². The highest BCUT2D eigenvalue weighted by Gasteiger charge is 2.27. The molecule has 9 heteroatoms. The predicted molar refractivity (Wildman–Crippen MR) is 136 cm³/mol. The fraction of sp³-hybridized carbons (Fsp3) is 0.296. The number of hydrogen-bond acceptors (Lipinski definition) is 6.